The second-order valence-corrected chi connectivity index (χ2v) is 5.81. The summed E-state index contributed by atoms with van der Waals surface area (Å²) in [5, 5.41) is 0.796. The first-order chi connectivity index (χ1) is 9.90. The highest BCUT2D eigenvalue weighted by atomic mass is 35.5. The molecule has 0 bridgehead atoms. The van der Waals surface area contributed by atoms with E-state index in [1.54, 1.807) is 18.2 Å². The van der Waals surface area contributed by atoms with Crippen molar-refractivity contribution >= 4 is 29.0 Å². The molecule has 0 aliphatic heterocycles. The fraction of sp³-hybridized carbons (Fsp3) is 0.235. The van der Waals surface area contributed by atoms with Gasteiger partial charge in [0.1, 0.15) is 5.75 Å². The molecule has 110 valence electrons. The van der Waals surface area contributed by atoms with Gasteiger partial charge in [0.15, 0.2) is 12.4 Å². The van der Waals surface area contributed by atoms with Crippen LogP contribution in [-0.2, 0) is 0 Å². The van der Waals surface area contributed by atoms with Gasteiger partial charge in [-0.05, 0) is 55.7 Å². The summed E-state index contributed by atoms with van der Waals surface area (Å²) in [7, 11) is 0. The maximum Gasteiger partial charge on any atom is 0.200 e. The predicted molar refractivity (Wildman–Crippen MR) is 86.9 cm³/mol. The summed E-state index contributed by atoms with van der Waals surface area (Å²) in [5.74, 6) is 0.636. The van der Waals surface area contributed by atoms with Crippen LogP contribution in [0.2, 0.25) is 10.0 Å². The zero-order chi connectivity index (χ0) is 15.6. The number of benzene rings is 2. The van der Waals surface area contributed by atoms with Crippen molar-refractivity contribution in [3.63, 3.8) is 0 Å². The van der Waals surface area contributed by atoms with E-state index in [9.17, 15) is 4.79 Å². The number of ether oxygens (including phenoxy) is 1. The fourth-order valence-electron chi connectivity index (χ4n) is 2.04. The zero-order valence-electron chi connectivity index (χ0n) is 12.2. The van der Waals surface area contributed by atoms with E-state index in [1.165, 1.54) is 0 Å². The molecule has 0 saturated heterocycles. The molecule has 0 N–H and O–H groups in total. The second-order valence-electron chi connectivity index (χ2n) is 4.99. The number of hydrogen-bond acceptors (Lipinski definition) is 2. The Morgan fingerprint density at radius 3 is 2.33 bits per heavy atom. The molecule has 0 atom stereocenters. The van der Waals surface area contributed by atoms with Crippen LogP contribution in [0.5, 0.6) is 5.75 Å². The molecule has 0 amide bonds. The Morgan fingerprint density at radius 2 is 1.67 bits per heavy atom. The Bertz CT molecular complexity index is 693. The van der Waals surface area contributed by atoms with Crippen LogP contribution in [0.25, 0.3) is 0 Å². The largest absolute Gasteiger partial charge is 0.485 e. The van der Waals surface area contributed by atoms with Crippen LogP contribution in [-0.4, -0.2) is 12.4 Å². The number of aryl methyl sites for hydroxylation is 2. The molecule has 0 radical (unpaired) electrons. The Balaban J connectivity index is 2.15. The lowest BCUT2D eigenvalue weighted by Gasteiger charge is -2.13. The van der Waals surface area contributed by atoms with Crippen LogP contribution in [0.15, 0.2) is 30.3 Å². The van der Waals surface area contributed by atoms with Crippen molar-refractivity contribution in [1.29, 1.82) is 0 Å². The molecule has 2 nitrogen and oxygen atoms in total. The Hall–Kier alpha value is -1.51. The van der Waals surface area contributed by atoms with Gasteiger partial charge in [0.05, 0.1) is 10.0 Å². The van der Waals surface area contributed by atoms with Crippen molar-refractivity contribution in [2.45, 2.75) is 20.8 Å². The second kappa shape index (κ2) is 6.50. The van der Waals surface area contributed by atoms with E-state index in [0.29, 0.717) is 15.6 Å². The van der Waals surface area contributed by atoms with E-state index in [0.717, 1.165) is 22.4 Å². The van der Waals surface area contributed by atoms with Crippen LogP contribution in [0.1, 0.15) is 27.0 Å². The van der Waals surface area contributed by atoms with E-state index >= 15 is 0 Å². The number of halogens is 2. The molecule has 2 aromatic rings. The summed E-state index contributed by atoms with van der Waals surface area (Å²) in [6.45, 7) is 5.94. The number of rotatable bonds is 4. The minimum Gasteiger partial charge on any atom is -0.485 e. The molecule has 0 heterocycles. The van der Waals surface area contributed by atoms with Gasteiger partial charge in [0.2, 0.25) is 0 Å². The van der Waals surface area contributed by atoms with Gasteiger partial charge in [-0.3, -0.25) is 4.79 Å². The Kier molecular flexibility index (Phi) is 4.92. The number of Topliss-reactive ketones (excluding diaryl/α,β-unsaturated/α-hetero) is 1. The van der Waals surface area contributed by atoms with Crippen molar-refractivity contribution in [2.24, 2.45) is 0 Å². The molecule has 0 aliphatic rings. The Morgan fingerprint density at radius 1 is 1.00 bits per heavy atom. The minimum absolute atomic E-state index is 0.0247. The molecule has 0 aliphatic carbocycles. The van der Waals surface area contributed by atoms with Gasteiger partial charge >= 0.3 is 0 Å². The topological polar surface area (TPSA) is 26.3 Å². The quantitative estimate of drug-likeness (QED) is 0.725. The molecule has 4 heteroatoms. The summed E-state index contributed by atoms with van der Waals surface area (Å²) in [6, 6.07) is 8.85. The zero-order valence-corrected chi connectivity index (χ0v) is 13.7. The summed E-state index contributed by atoms with van der Waals surface area (Å²) in [6.07, 6.45) is 0. The third-order valence-electron chi connectivity index (χ3n) is 3.46. The summed E-state index contributed by atoms with van der Waals surface area (Å²) < 4.78 is 5.71. The first-order valence-corrected chi connectivity index (χ1v) is 7.33. The van der Waals surface area contributed by atoms with Gasteiger partial charge in [0, 0.05) is 5.56 Å². The van der Waals surface area contributed by atoms with E-state index < -0.39 is 0 Å². The average molecular weight is 323 g/mol. The number of carbonyl (C=O) groups excluding carboxylic acids is 1. The molecule has 2 aromatic carbocycles. The van der Waals surface area contributed by atoms with E-state index in [1.807, 2.05) is 32.9 Å². The molecular formula is C17H16Cl2O2. The summed E-state index contributed by atoms with van der Waals surface area (Å²) in [5.41, 5.74) is 3.70. The van der Waals surface area contributed by atoms with Crippen molar-refractivity contribution < 1.29 is 9.53 Å². The summed E-state index contributed by atoms with van der Waals surface area (Å²) >= 11 is 11.8. The smallest absolute Gasteiger partial charge is 0.200 e. The van der Waals surface area contributed by atoms with Gasteiger partial charge in [0.25, 0.3) is 0 Å². The predicted octanol–water partition coefficient (Wildman–Crippen LogP) is 5.18. The Labute approximate surface area is 134 Å². The highest BCUT2D eigenvalue weighted by molar-refractivity contribution is 6.42. The molecule has 0 unspecified atom stereocenters. The normalized spacial score (nSPS) is 10.5. The van der Waals surface area contributed by atoms with Gasteiger partial charge in [-0.1, -0.05) is 35.3 Å². The van der Waals surface area contributed by atoms with E-state index in [4.69, 9.17) is 27.9 Å². The molecule has 0 aromatic heterocycles. The van der Waals surface area contributed by atoms with Gasteiger partial charge < -0.3 is 4.74 Å². The molecule has 2 rings (SSSR count). The van der Waals surface area contributed by atoms with Gasteiger partial charge in [-0.2, -0.15) is 0 Å². The van der Waals surface area contributed by atoms with Crippen LogP contribution in [0, 0.1) is 20.8 Å². The van der Waals surface area contributed by atoms with Crippen LogP contribution < -0.4 is 4.74 Å². The van der Waals surface area contributed by atoms with E-state index in [-0.39, 0.29) is 12.4 Å². The number of ketones is 1. The van der Waals surface area contributed by atoms with Crippen LogP contribution in [0.3, 0.4) is 0 Å². The number of carbonyl (C=O) groups is 1. The molecule has 0 saturated carbocycles. The van der Waals surface area contributed by atoms with E-state index in [2.05, 4.69) is 0 Å². The molecule has 0 spiro atoms. The molecule has 21 heavy (non-hydrogen) atoms. The van der Waals surface area contributed by atoms with Gasteiger partial charge in [-0.15, -0.1) is 0 Å². The maximum absolute atomic E-state index is 12.2. The highest BCUT2D eigenvalue weighted by Crippen LogP contribution is 2.26. The number of hydrogen-bond donors (Lipinski definition) is 0. The van der Waals surface area contributed by atoms with Crippen molar-refractivity contribution in [1.82, 2.24) is 0 Å². The van der Waals surface area contributed by atoms with Crippen molar-refractivity contribution in [3.8, 4) is 5.75 Å². The van der Waals surface area contributed by atoms with Crippen LogP contribution >= 0.6 is 23.2 Å². The lowest BCUT2D eigenvalue weighted by Crippen LogP contribution is -2.13. The summed E-state index contributed by atoms with van der Waals surface area (Å²) in [4.78, 5) is 12.2. The van der Waals surface area contributed by atoms with Crippen molar-refractivity contribution in [2.75, 3.05) is 6.61 Å². The first kappa shape index (κ1) is 15.9. The SMILES string of the molecule is Cc1ccc(C)c(OCC(=O)c2ccc(Cl)c(Cl)c2)c1C. The first-order valence-electron chi connectivity index (χ1n) is 6.58. The fourth-order valence-corrected chi connectivity index (χ4v) is 2.34. The molecular weight excluding hydrogens is 307 g/mol. The maximum atomic E-state index is 12.2. The third-order valence-corrected chi connectivity index (χ3v) is 4.20. The third kappa shape index (κ3) is 3.58. The van der Waals surface area contributed by atoms with Gasteiger partial charge in [-0.25, -0.2) is 0 Å². The van der Waals surface area contributed by atoms with Crippen LogP contribution in [0.4, 0.5) is 0 Å². The lowest BCUT2D eigenvalue weighted by atomic mass is 10.1. The monoisotopic (exact) mass is 322 g/mol. The average Bonchev–Trinajstić information content (AvgIpc) is 2.45. The minimum atomic E-state index is -0.131. The van der Waals surface area contributed by atoms with Crippen molar-refractivity contribution in [3.05, 3.63) is 62.6 Å². The molecule has 0 fully saturated rings. The standard InChI is InChI=1S/C17H16Cl2O2/c1-10-4-5-11(2)17(12(10)3)21-9-16(20)13-6-7-14(18)15(19)8-13/h4-8H,9H2,1-3H3. The lowest BCUT2D eigenvalue weighted by molar-refractivity contribution is 0.0920. The highest BCUT2D eigenvalue weighted by Gasteiger charge is 2.12.